The second-order valence-corrected chi connectivity index (χ2v) is 7.70. The minimum absolute atomic E-state index is 0.0568. The van der Waals surface area contributed by atoms with E-state index < -0.39 is 0 Å². The number of ether oxygens (including phenoxy) is 1. The van der Waals surface area contributed by atoms with Crippen LogP contribution in [0.5, 0.6) is 0 Å². The predicted molar refractivity (Wildman–Crippen MR) is 105 cm³/mol. The summed E-state index contributed by atoms with van der Waals surface area (Å²) in [6, 6.07) is 3.96. The number of aryl methyl sites for hydroxylation is 2. The van der Waals surface area contributed by atoms with Gasteiger partial charge in [0.1, 0.15) is 11.8 Å². The van der Waals surface area contributed by atoms with Crippen LogP contribution in [0.3, 0.4) is 0 Å². The second-order valence-electron chi connectivity index (χ2n) is 7.70. The topological polar surface area (TPSA) is 78.1 Å². The van der Waals surface area contributed by atoms with Crippen molar-refractivity contribution in [1.82, 2.24) is 24.3 Å². The van der Waals surface area contributed by atoms with Crippen LogP contribution in [0.25, 0.3) is 11.0 Å². The standard InChI is InChI=1S/C20H24N6O2/c1-13-8-17-19(24(13)2)20(22-12-21-17)25-6-3-4-15(25)10-26-18(27)9-14-11-28-7-5-16(14)23-26/h8-9,12,15H,3-7,10-11H2,1-2H3. The van der Waals surface area contributed by atoms with Gasteiger partial charge in [-0.3, -0.25) is 4.79 Å². The van der Waals surface area contributed by atoms with Gasteiger partial charge in [0.25, 0.3) is 5.56 Å². The van der Waals surface area contributed by atoms with Crippen molar-refractivity contribution in [2.45, 2.75) is 45.4 Å². The summed E-state index contributed by atoms with van der Waals surface area (Å²) in [4.78, 5) is 24.0. The van der Waals surface area contributed by atoms with E-state index in [9.17, 15) is 4.79 Å². The number of aromatic nitrogens is 5. The highest BCUT2D eigenvalue weighted by atomic mass is 16.5. The van der Waals surface area contributed by atoms with Crippen LogP contribution >= 0.6 is 0 Å². The second kappa shape index (κ2) is 6.70. The van der Waals surface area contributed by atoms with E-state index in [1.54, 1.807) is 17.1 Å². The molecule has 28 heavy (non-hydrogen) atoms. The van der Waals surface area contributed by atoms with E-state index in [-0.39, 0.29) is 11.6 Å². The molecule has 0 aliphatic carbocycles. The third-order valence-electron chi connectivity index (χ3n) is 5.98. The maximum absolute atomic E-state index is 12.6. The third-order valence-corrected chi connectivity index (χ3v) is 5.98. The Labute approximate surface area is 162 Å². The molecule has 5 heterocycles. The Morgan fingerprint density at radius 2 is 2.18 bits per heavy atom. The zero-order valence-corrected chi connectivity index (χ0v) is 16.3. The van der Waals surface area contributed by atoms with Crippen molar-refractivity contribution >= 4 is 16.9 Å². The number of nitrogens with zero attached hydrogens (tertiary/aromatic N) is 6. The molecular weight excluding hydrogens is 356 g/mol. The molecule has 0 saturated carbocycles. The van der Waals surface area contributed by atoms with E-state index in [1.807, 2.05) is 7.05 Å². The number of fused-ring (bicyclic) bond motifs is 2. The third kappa shape index (κ3) is 2.79. The first-order chi connectivity index (χ1) is 13.6. The molecule has 0 aromatic carbocycles. The van der Waals surface area contributed by atoms with Gasteiger partial charge >= 0.3 is 0 Å². The van der Waals surface area contributed by atoms with Gasteiger partial charge in [-0.2, -0.15) is 5.10 Å². The zero-order valence-electron chi connectivity index (χ0n) is 16.3. The number of hydrogen-bond acceptors (Lipinski definition) is 6. The van der Waals surface area contributed by atoms with E-state index in [1.165, 1.54) is 0 Å². The van der Waals surface area contributed by atoms with Crippen molar-refractivity contribution in [2.24, 2.45) is 7.05 Å². The van der Waals surface area contributed by atoms with Gasteiger partial charge in [0, 0.05) is 37.3 Å². The minimum atomic E-state index is -0.0568. The van der Waals surface area contributed by atoms with E-state index in [0.717, 1.165) is 59.6 Å². The molecule has 0 radical (unpaired) electrons. The quantitative estimate of drug-likeness (QED) is 0.686. The van der Waals surface area contributed by atoms with Crippen LogP contribution in [0.15, 0.2) is 23.3 Å². The lowest BCUT2D eigenvalue weighted by Gasteiger charge is -2.27. The lowest BCUT2D eigenvalue weighted by Crippen LogP contribution is -2.38. The predicted octanol–water partition coefficient (Wildman–Crippen LogP) is 1.58. The summed E-state index contributed by atoms with van der Waals surface area (Å²) in [5.41, 5.74) is 5.01. The molecule has 1 atom stereocenters. The van der Waals surface area contributed by atoms with Crippen LogP contribution in [-0.2, 0) is 31.4 Å². The van der Waals surface area contributed by atoms with Crippen molar-refractivity contribution in [3.63, 3.8) is 0 Å². The summed E-state index contributed by atoms with van der Waals surface area (Å²) < 4.78 is 9.21. The van der Waals surface area contributed by atoms with Crippen LogP contribution in [0.4, 0.5) is 5.82 Å². The molecule has 8 heteroatoms. The van der Waals surface area contributed by atoms with Gasteiger partial charge in [0.15, 0.2) is 5.82 Å². The number of hydrogen-bond donors (Lipinski definition) is 0. The van der Waals surface area contributed by atoms with E-state index in [0.29, 0.717) is 19.8 Å². The van der Waals surface area contributed by atoms with Gasteiger partial charge in [0.2, 0.25) is 0 Å². The average Bonchev–Trinajstić information content (AvgIpc) is 3.27. The highest BCUT2D eigenvalue weighted by molar-refractivity contribution is 5.87. The van der Waals surface area contributed by atoms with Gasteiger partial charge in [-0.1, -0.05) is 0 Å². The van der Waals surface area contributed by atoms with E-state index >= 15 is 0 Å². The lowest BCUT2D eigenvalue weighted by atomic mass is 10.1. The molecule has 3 aromatic heterocycles. The van der Waals surface area contributed by atoms with Crippen molar-refractivity contribution in [1.29, 1.82) is 0 Å². The molecular formula is C20H24N6O2. The highest BCUT2D eigenvalue weighted by Gasteiger charge is 2.29. The maximum atomic E-state index is 12.6. The molecule has 2 aliphatic heterocycles. The highest BCUT2D eigenvalue weighted by Crippen LogP contribution is 2.31. The molecule has 8 nitrogen and oxygen atoms in total. The van der Waals surface area contributed by atoms with E-state index in [2.05, 4.69) is 37.5 Å². The van der Waals surface area contributed by atoms with E-state index in [4.69, 9.17) is 4.74 Å². The Morgan fingerprint density at radius 1 is 1.29 bits per heavy atom. The molecule has 0 N–H and O–H groups in total. The van der Waals surface area contributed by atoms with Crippen molar-refractivity contribution < 1.29 is 4.74 Å². The average molecular weight is 380 g/mol. The van der Waals surface area contributed by atoms with Crippen LogP contribution < -0.4 is 10.5 Å². The van der Waals surface area contributed by atoms with Gasteiger partial charge in [-0.15, -0.1) is 0 Å². The normalized spacial score (nSPS) is 19.4. The summed E-state index contributed by atoms with van der Waals surface area (Å²) in [5, 5.41) is 4.65. The lowest BCUT2D eigenvalue weighted by molar-refractivity contribution is 0.108. The Hall–Kier alpha value is -2.74. The number of anilines is 1. The first-order valence-electron chi connectivity index (χ1n) is 9.83. The monoisotopic (exact) mass is 380 g/mol. The Kier molecular flexibility index (Phi) is 4.16. The fourth-order valence-corrected chi connectivity index (χ4v) is 4.38. The molecule has 0 amide bonds. The van der Waals surface area contributed by atoms with Crippen LogP contribution in [0.1, 0.15) is 29.8 Å². The Balaban J connectivity index is 1.50. The van der Waals surface area contributed by atoms with Crippen molar-refractivity contribution in [2.75, 3.05) is 18.1 Å². The molecule has 0 bridgehead atoms. The number of rotatable bonds is 3. The summed E-state index contributed by atoms with van der Waals surface area (Å²) in [6.45, 7) is 4.73. The Bertz CT molecular complexity index is 1100. The van der Waals surface area contributed by atoms with Crippen molar-refractivity contribution in [3.05, 3.63) is 45.8 Å². The first kappa shape index (κ1) is 17.4. The molecule has 1 fully saturated rings. The van der Waals surface area contributed by atoms with Crippen LogP contribution in [-0.4, -0.2) is 43.5 Å². The zero-order chi connectivity index (χ0) is 19.3. The largest absolute Gasteiger partial charge is 0.376 e. The molecule has 1 saturated heterocycles. The minimum Gasteiger partial charge on any atom is -0.376 e. The van der Waals surface area contributed by atoms with Gasteiger partial charge in [-0.05, 0) is 25.8 Å². The summed E-state index contributed by atoms with van der Waals surface area (Å²) in [7, 11) is 2.05. The summed E-state index contributed by atoms with van der Waals surface area (Å²) >= 11 is 0. The van der Waals surface area contributed by atoms with Crippen LogP contribution in [0.2, 0.25) is 0 Å². The molecule has 3 aromatic rings. The van der Waals surface area contributed by atoms with Crippen LogP contribution in [0, 0.1) is 6.92 Å². The SMILES string of the molecule is Cc1cc2ncnc(N3CCCC3Cn3nc4c(cc3=O)COCC4)c2n1C. The van der Waals surface area contributed by atoms with Gasteiger partial charge in [-0.25, -0.2) is 14.6 Å². The van der Waals surface area contributed by atoms with Gasteiger partial charge < -0.3 is 14.2 Å². The molecule has 146 valence electrons. The molecule has 5 rings (SSSR count). The Morgan fingerprint density at radius 3 is 3.07 bits per heavy atom. The molecule has 1 unspecified atom stereocenters. The van der Waals surface area contributed by atoms with Gasteiger partial charge in [0.05, 0.1) is 37.0 Å². The smallest absolute Gasteiger partial charge is 0.267 e. The molecule has 2 aliphatic rings. The fraction of sp³-hybridized carbons (Fsp3) is 0.500. The summed E-state index contributed by atoms with van der Waals surface area (Å²) in [5.74, 6) is 0.947. The molecule has 0 spiro atoms. The fourth-order valence-electron chi connectivity index (χ4n) is 4.38. The van der Waals surface area contributed by atoms with Crippen molar-refractivity contribution in [3.8, 4) is 0 Å². The first-order valence-corrected chi connectivity index (χ1v) is 9.83. The maximum Gasteiger partial charge on any atom is 0.267 e. The summed E-state index contributed by atoms with van der Waals surface area (Å²) in [6.07, 6.45) is 4.49.